The summed E-state index contributed by atoms with van der Waals surface area (Å²) in [6.07, 6.45) is 2.24. The summed E-state index contributed by atoms with van der Waals surface area (Å²) in [5.41, 5.74) is 8.91. The van der Waals surface area contributed by atoms with Crippen LogP contribution >= 0.6 is 0 Å². The van der Waals surface area contributed by atoms with Crippen LogP contribution in [0.5, 0.6) is 0 Å². The van der Waals surface area contributed by atoms with E-state index in [1.807, 2.05) is 19.1 Å². The van der Waals surface area contributed by atoms with Crippen molar-refractivity contribution in [3.05, 3.63) is 23.8 Å². The Morgan fingerprint density at radius 2 is 2.33 bits per heavy atom. The van der Waals surface area contributed by atoms with Gasteiger partial charge in [0.25, 0.3) is 0 Å². The first kappa shape index (κ1) is 10.3. The molecule has 0 aliphatic carbocycles. The third-order valence-electron chi connectivity index (χ3n) is 3.17. The van der Waals surface area contributed by atoms with Gasteiger partial charge >= 0.3 is 0 Å². The molecular formula is C12H18N2O. The quantitative estimate of drug-likeness (QED) is 0.722. The first-order valence-electron chi connectivity index (χ1n) is 5.46. The van der Waals surface area contributed by atoms with Crippen molar-refractivity contribution in [1.82, 2.24) is 0 Å². The molecule has 3 N–H and O–H groups in total. The summed E-state index contributed by atoms with van der Waals surface area (Å²) < 4.78 is 0. The van der Waals surface area contributed by atoms with Crippen molar-refractivity contribution >= 4 is 11.4 Å². The van der Waals surface area contributed by atoms with Crippen molar-refractivity contribution in [2.45, 2.75) is 25.8 Å². The zero-order valence-corrected chi connectivity index (χ0v) is 9.11. The van der Waals surface area contributed by atoms with Gasteiger partial charge in [0, 0.05) is 17.9 Å². The van der Waals surface area contributed by atoms with E-state index in [-0.39, 0.29) is 12.6 Å². The summed E-state index contributed by atoms with van der Waals surface area (Å²) in [6, 6.07) is 6.37. The van der Waals surface area contributed by atoms with Crippen molar-refractivity contribution in [2.24, 2.45) is 0 Å². The van der Waals surface area contributed by atoms with Crippen LogP contribution in [-0.4, -0.2) is 24.3 Å². The molecule has 1 aromatic rings. The SMILES string of the molecule is Cc1cc(N2CCCC2CO)ccc1N. The highest BCUT2D eigenvalue weighted by Gasteiger charge is 2.23. The van der Waals surface area contributed by atoms with Crippen LogP contribution in [0.2, 0.25) is 0 Å². The lowest BCUT2D eigenvalue weighted by Gasteiger charge is -2.25. The molecular weight excluding hydrogens is 188 g/mol. The van der Waals surface area contributed by atoms with Crippen LogP contribution in [0.25, 0.3) is 0 Å². The van der Waals surface area contributed by atoms with Gasteiger partial charge < -0.3 is 15.7 Å². The molecule has 0 aromatic heterocycles. The topological polar surface area (TPSA) is 49.5 Å². The molecule has 1 atom stereocenters. The van der Waals surface area contributed by atoms with Crippen LogP contribution in [0.3, 0.4) is 0 Å². The largest absolute Gasteiger partial charge is 0.399 e. The second-order valence-electron chi connectivity index (χ2n) is 4.21. The summed E-state index contributed by atoms with van der Waals surface area (Å²) in [5, 5.41) is 9.26. The van der Waals surface area contributed by atoms with Crippen molar-refractivity contribution in [2.75, 3.05) is 23.8 Å². The molecule has 1 heterocycles. The molecule has 1 aromatic carbocycles. The van der Waals surface area contributed by atoms with Crippen LogP contribution in [0.4, 0.5) is 11.4 Å². The van der Waals surface area contributed by atoms with Gasteiger partial charge in [-0.1, -0.05) is 0 Å². The molecule has 3 nitrogen and oxygen atoms in total. The fourth-order valence-corrected chi connectivity index (χ4v) is 2.20. The minimum atomic E-state index is 0.240. The monoisotopic (exact) mass is 206 g/mol. The summed E-state index contributed by atoms with van der Waals surface area (Å²) in [5.74, 6) is 0. The number of hydrogen-bond acceptors (Lipinski definition) is 3. The number of aliphatic hydroxyl groups is 1. The van der Waals surface area contributed by atoms with Crippen molar-refractivity contribution in [3.63, 3.8) is 0 Å². The Balaban J connectivity index is 2.25. The van der Waals surface area contributed by atoms with Gasteiger partial charge in [0.2, 0.25) is 0 Å². The molecule has 0 spiro atoms. The molecule has 1 unspecified atom stereocenters. The molecule has 1 saturated heterocycles. The Labute approximate surface area is 90.5 Å². The van der Waals surface area contributed by atoms with Crippen LogP contribution < -0.4 is 10.6 Å². The molecule has 0 amide bonds. The second kappa shape index (κ2) is 4.11. The van der Waals surface area contributed by atoms with Crippen molar-refractivity contribution in [1.29, 1.82) is 0 Å². The third-order valence-corrected chi connectivity index (χ3v) is 3.17. The average Bonchev–Trinajstić information content (AvgIpc) is 2.70. The molecule has 1 fully saturated rings. The Morgan fingerprint density at radius 1 is 1.53 bits per heavy atom. The molecule has 82 valence electrons. The Hall–Kier alpha value is -1.22. The van der Waals surface area contributed by atoms with E-state index in [1.165, 1.54) is 5.69 Å². The molecule has 1 aliphatic heterocycles. The number of nitrogens with zero attached hydrogens (tertiary/aromatic N) is 1. The van der Waals surface area contributed by atoms with E-state index in [4.69, 9.17) is 5.73 Å². The van der Waals surface area contributed by atoms with Crippen LogP contribution in [0.15, 0.2) is 18.2 Å². The lowest BCUT2D eigenvalue weighted by atomic mass is 10.1. The van der Waals surface area contributed by atoms with Gasteiger partial charge in [0.1, 0.15) is 0 Å². The van der Waals surface area contributed by atoms with E-state index in [1.54, 1.807) is 0 Å². The van der Waals surface area contributed by atoms with Gasteiger partial charge in [0.05, 0.1) is 12.6 Å². The zero-order valence-electron chi connectivity index (χ0n) is 9.11. The lowest BCUT2D eigenvalue weighted by Crippen LogP contribution is -2.32. The summed E-state index contributed by atoms with van der Waals surface area (Å²) in [4.78, 5) is 2.27. The highest BCUT2D eigenvalue weighted by atomic mass is 16.3. The Morgan fingerprint density at radius 3 is 3.00 bits per heavy atom. The van der Waals surface area contributed by atoms with E-state index >= 15 is 0 Å². The standard InChI is InChI=1S/C12H18N2O/c1-9-7-10(4-5-12(9)13)14-6-2-3-11(14)8-15/h4-5,7,11,15H,2-3,6,8,13H2,1H3. The maximum Gasteiger partial charge on any atom is 0.0635 e. The minimum absolute atomic E-state index is 0.240. The molecule has 2 rings (SSSR count). The number of benzene rings is 1. The van der Waals surface area contributed by atoms with Crippen LogP contribution in [-0.2, 0) is 0 Å². The molecule has 15 heavy (non-hydrogen) atoms. The number of hydrogen-bond donors (Lipinski definition) is 2. The predicted molar refractivity (Wildman–Crippen MR) is 63.0 cm³/mol. The summed E-state index contributed by atoms with van der Waals surface area (Å²) in [6.45, 7) is 3.29. The van der Waals surface area contributed by atoms with E-state index in [2.05, 4.69) is 11.0 Å². The highest BCUT2D eigenvalue weighted by molar-refractivity contribution is 5.58. The maximum absolute atomic E-state index is 9.26. The van der Waals surface area contributed by atoms with Crippen molar-refractivity contribution < 1.29 is 5.11 Å². The molecule has 0 bridgehead atoms. The lowest BCUT2D eigenvalue weighted by molar-refractivity contribution is 0.266. The van der Waals surface area contributed by atoms with Gasteiger partial charge in [-0.2, -0.15) is 0 Å². The number of nitrogens with two attached hydrogens (primary N) is 1. The fraction of sp³-hybridized carbons (Fsp3) is 0.500. The van der Waals surface area contributed by atoms with Crippen LogP contribution in [0.1, 0.15) is 18.4 Å². The van der Waals surface area contributed by atoms with Gasteiger partial charge in [-0.25, -0.2) is 0 Å². The summed E-state index contributed by atoms with van der Waals surface area (Å²) in [7, 11) is 0. The fourth-order valence-electron chi connectivity index (χ4n) is 2.20. The predicted octanol–water partition coefficient (Wildman–Crippen LogP) is 1.54. The molecule has 1 aliphatic rings. The number of aryl methyl sites for hydroxylation is 1. The third kappa shape index (κ3) is 1.92. The number of nitrogen functional groups attached to an aromatic ring is 1. The normalized spacial score (nSPS) is 20.9. The second-order valence-corrected chi connectivity index (χ2v) is 4.21. The minimum Gasteiger partial charge on any atom is -0.399 e. The van der Waals surface area contributed by atoms with E-state index in [0.717, 1.165) is 30.6 Å². The van der Waals surface area contributed by atoms with Gasteiger partial charge in [-0.3, -0.25) is 0 Å². The zero-order chi connectivity index (χ0) is 10.8. The number of rotatable bonds is 2. The maximum atomic E-state index is 9.26. The number of aliphatic hydroxyl groups excluding tert-OH is 1. The van der Waals surface area contributed by atoms with Gasteiger partial charge in [-0.15, -0.1) is 0 Å². The smallest absolute Gasteiger partial charge is 0.0635 e. The Kier molecular flexibility index (Phi) is 2.82. The number of anilines is 2. The highest BCUT2D eigenvalue weighted by Crippen LogP contribution is 2.27. The average molecular weight is 206 g/mol. The Bertz CT molecular complexity index is 351. The van der Waals surface area contributed by atoms with Crippen LogP contribution in [0, 0.1) is 6.92 Å². The first-order valence-corrected chi connectivity index (χ1v) is 5.46. The van der Waals surface area contributed by atoms with Gasteiger partial charge in [-0.05, 0) is 43.5 Å². The van der Waals surface area contributed by atoms with E-state index in [0.29, 0.717) is 0 Å². The van der Waals surface area contributed by atoms with E-state index in [9.17, 15) is 5.11 Å². The van der Waals surface area contributed by atoms with E-state index < -0.39 is 0 Å². The molecule has 0 saturated carbocycles. The summed E-state index contributed by atoms with van der Waals surface area (Å²) >= 11 is 0. The molecule has 0 radical (unpaired) electrons. The molecule has 3 heteroatoms. The first-order chi connectivity index (χ1) is 7.22. The van der Waals surface area contributed by atoms with Gasteiger partial charge in [0.15, 0.2) is 0 Å². The van der Waals surface area contributed by atoms with Crippen molar-refractivity contribution in [3.8, 4) is 0 Å².